The Morgan fingerprint density at radius 1 is 1.25 bits per heavy atom. The van der Waals surface area contributed by atoms with E-state index in [0.717, 1.165) is 20.7 Å². The van der Waals surface area contributed by atoms with Crippen LogP contribution in [0.2, 0.25) is 0 Å². The quantitative estimate of drug-likeness (QED) is 0.776. The van der Waals surface area contributed by atoms with Gasteiger partial charge in [-0.05, 0) is 22.0 Å². The molecule has 0 bridgehead atoms. The lowest BCUT2D eigenvalue weighted by molar-refractivity contribution is -0.127. The van der Waals surface area contributed by atoms with Crippen LogP contribution in [0.25, 0.3) is 10.6 Å². The molecule has 86 valence electrons. The molecule has 16 heavy (non-hydrogen) atoms. The van der Waals surface area contributed by atoms with E-state index in [1.807, 2.05) is 11.4 Å². The van der Waals surface area contributed by atoms with Crippen LogP contribution in [0, 0.1) is 0 Å². The van der Waals surface area contributed by atoms with Gasteiger partial charge in [0.15, 0.2) is 0 Å². The average molecular weight is 328 g/mol. The lowest BCUT2D eigenvalue weighted by Crippen LogP contribution is -2.11. The summed E-state index contributed by atoms with van der Waals surface area (Å²) in [6.45, 7) is 0. The molecule has 2 heterocycles. The Morgan fingerprint density at radius 3 is 2.56 bits per heavy atom. The van der Waals surface area contributed by atoms with Gasteiger partial charge in [-0.1, -0.05) is 0 Å². The Kier molecular flexibility index (Phi) is 3.37. The van der Waals surface area contributed by atoms with Crippen molar-refractivity contribution in [1.29, 1.82) is 0 Å². The number of halogens is 4. The number of hydrogen-bond donors (Lipinski definition) is 0. The fraction of sp³-hybridized carbons (Fsp3) is 0.222. The van der Waals surface area contributed by atoms with Gasteiger partial charge in [0.25, 0.3) is 0 Å². The maximum atomic E-state index is 12.1. The Morgan fingerprint density at radius 2 is 2.00 bits per heavy atom. The van der Waals surface area contributed by atoms with Crippen molar-refractivity contribution in [2.75, 3.05) is 0 Å². The number of thiophene rings is 1. The Balaban J connectivity index is 2.20. The molecule has 7 heteroatoms. The van der Waals surface area contributed by atoms with E-state index >= 15 is 0 Å². The van der Waals surface area contributed by atoms with Crippen molar-refractivity contribution < 1.29 is 13.2 Å². The molecule has 0 saturated carbocycles. The zero-order chi connectivity index (χ0) is 11.8. The summed E-state index contributed by atoms with van der Waals surface area (Å²) < 4.78 is 37.3. The van der Waals surface area contributed by atoms with Crippen molar-refractivity contribution in [3.63, 3.8) is 0 Å². The Bertz CT molecular complexity index is 489. The minimum atomic E-state index is -4.19. The lowest BCUT2D eigenvalue weighted by atomic mass is 10.4. The summed E-state index contributed by atoms with van der Waals surface area (Å²) in [5.41, 5.74) is 0.611. The predicted octanol–water partition coefficient (Wildman–Crippen LogP) is 4.74. The molecule has 0 aliphatic carbocycles. The monoisotopic (exact) mass is 327 g/mol. The van der Waals surface area contributed by atoms with Crippen molar-refractivity contribution in [3.8, 4) is 10.6 Å². The number of hydrogen-bond acceptors (Lipinski definition) is 3. The molecule has 0 amide bonds. The number of aromatic nitrogens is 1. The minimum absolute atomic E-state index is 0.104. The molecule has 2 rings (SSSR count). The minimum Gasteiger partial charge on any atom is -0.240 e. The summed E-state index contributed by atoms with van der Waals surface area (Å²) in [4.78, 5) is 4.84. The van der Waals surface area contributed by atoms with E-state index in [1.165, 1.54) is 11.3 Å². The van der Waals surface area contributed by atoms with Crippen molar-refractivity contribution in [3.05, 3.63) is 26.3 Å². The van der Waals surface area contributed by atoms with E-state index in [0.29, 0.717) is 5.69 Å². The second-order valence-corrected chi connectivity index (χ2v) is 5.82. The normalized spacial score (nSPS) is 12.0. The van der Waals surface area contributed by atoms with Gasteiger partial charge in [-0.3, -0.25) is 0 Å². The van der Waals surface area contributed by atoms with E-state index < -0.39 is 12.6 Å². The van der Waals surface area contributed by atoms with Crippen molar-refractivity contribution >= 4 is 38.6 Å². The zero-order valence-corrected chi connectivity index (χ0v) is 10.9. The van der Waals surface area contributed by atoms with Gasteiger partial charge in [0.1, 0.15) is 5.01 Å². The number of rotatable bonds is 2. The first-order chi connectivity index (χ1) is 7.44. The summed E-state index contributed by atoms with van der Waals surface area (Å²) in [6, 6.07) is 1.84. The van der Waals surface area contributed by atoms with Gasteiger partial charge in [-0.25, -0.2) is 4.98 Å². The number of thiazole rings is 1. The molecule has 0 aromatic carbocycles. The molecular weight excluding hydrogens is 323 g/mol. The maximum Gasteiger partial charge on any atom is 0.395 e. The number of alkyl halides is 3. The van der Waals surface area contributed by atoms with E-state index in [2.05, 4.69) is 20.9 Å². The van der Waals surface area contributed by atoms with Gasteiger partial charge in [-0.15, -0.1) is 22.7 Å². The first-order valence-corrected chi connectivity index (χ1v) is 6.75. The van der Waals surface area contributed by atoms with Crippen LogP contribution in [-0.2, 0) is 6.42 Å². The highest BCUT2D eigenvalue weighted by atomic mass is 79.9. The molecule has 0 spiro atoms. The first kappa shape index (κ1) is 12.1. The van der Waals surface area contributed by atoms with Gasteiger partial charge in [0.2, 0.25) is 0 Å². The molecular formula is C9H5BrF3NS2. The summed E-state index contributed by atoms with van der Waals surface area (Å²) >= 11 is 5.78. The van der Waals surface area contributed by atoms with Crippen molar-refractivity contribution in [1.82, 2.24) is 4.98 Å². The van der Waals surface area contributed by atoms with Gasteiger partial charge < -0.3 is 0 Å². The topological polar surface area (TPSA) is 12.9 Å². The smallest absolute Gasteiger partial charge is 0.240 e. The van der Waals surface area contributed by atoms with Gasteiger partial charge in [0, 0.05) is 15.2 Å². The summed E-state index contributed by atoms with van der Waals surface area (Å²) in [7, 11) is 0. The first-order valence-electron chi connectivity index (χ1n) is 4.19. The predicted molar refractivity (Wildman–Crippen MR) is 62.9 cm³/mol. The van der Waals surface area contributed by atoms with Gasteiger partial charge in [-0.2, -0.15) is 13.2 Å². The third kappa shape index (κ3) is 3.05. The fourth-order valence-corrected chi connectivity index (χ4v) is 3.41. The molecule has 0 saturated heterocycles. The van der Waals surface area contributed by atoms with Crippen LogP contribution in [0.3, 0.4) is 0 Å². The van der Waals surface area contributed by atoms with Gasteiger partial charge in [0.05, 0.1) is 17.0 Å². The van der Waals surface area contributed by atoms with Crippen molar-refractivity contribution in [2.24, 2.45) is 0 Å². The van der Waals surface area contributed by atoms with E-state index in [4.69, 9.17) is 0 Å². The van der Waals surface area contributed by atoms with E-state index in [9.17, 15) is 13.2 Å². The summed E-state index contributed by atoms with van der Waals surface area (Å²) in [5.74, 6) is 0. The molecule has 0 unspecified atom stereocenters. The SMILES string of the molecule is FC(F)(F)Cc1nc(-c2cc(Br)cs2)cs1. The van der Waals surface area contributed by atoms with Crippen LogP contribution < -0.4 is 0 Å². The Labute approximate surface area is 106 Å². The summed E-state index contributed by atoms with van der Waals surface area (Å²) in [6.07, 6.45) is -5.14. The van der Waals surface area contributed by atoms with Crippen LogP contribution >= 0.6 is 38.6 Å². The van der Waals surface area contributed by atoms with Crippen LogP contribution in [0.4, 0.5) is 13.2 Å². The highest BCUT2D eigenvalue weighted by molar-refractivity contribution is 9.10. The van der Waals surface area contributed by atoms with Crippen molar-refractivity contribution in [2.45, 2.75) is 12.6 Å². The van der Waals surface area contributed by atoms with E-state index in [1.54, 1.807) is 5.38 Å². The molecule has 0 aliphatic rings. The largest absolute Gasteiger partial charge is 0.395 e. The highest BCUT2D eigenvalue weighted by Crippen LogP contribution is 2.32. The molecule has 1 nitrogen and oxygen atoms in total. The third-order valence-electron chi connectivity index (χ3n) is 1.72. The standard InChI is InChI=1S/C9H5BrF3NS2/c10-5-1-7(15-3-5)6-4-16-8(14-6)2-9(11,12)13/h1,3-4H,2H2. The highest BCUT2D eigenvalue weighted by Gasteiger charge is 2.29. The molecule has 2 aromatic heterocycles. The van der Waals surface area contributed by atoms with Crippen LogP contribution in [-0.4, -0.2) is 11.2 Å². The molecule has 2 aromatic rings. The van der Waals surface area contributed by atoms with Crippen LogP contribution in [0.15, 0.2) is 21.3 Å². The van der Waals surface area contributed by atoms with E-state index in [-0.39, 0.29) is 5.01 Å². The number of nitrogens with zero attached hydrogens (tertiary/aromatic N) is 1. The molecule has 0 fully saturated rings. The molecule has 0 radical (unpaired) electrons. The molecule has 0 atom stereocenters. The maximum absolute atomic E-state index is 12.1. The second kappa shape index (κ2) is 4.46. The van der Waals surface area contributed by atoms with Crippen LogP contribution in [0.1, 0.15) is 5.01 Å². The molecule has 0 aliphatic heterocycles. The zero-order valence-electron chi connectivity index (χ0n) is 7.71. The fourth-order valence-electron chi connectivity index (χ4n) is 1.12. The molecule has 0 N–H and O–H groups in total. The van der Waals surface area contributed by atoms with Crippen LogP contribution in [0.5, 0.6) is 0 Å². The summed E-state index contributed by atoms with van der Waals surface area (Å²) in [5, 5.41) is 3.63. The second-order valence-electron chi connectivity index (χ2n) is 3.05. The average Bonchev–Trinajstić information content (AvgIpc) is 2.71. The van der Waals surface area contributed by atoms with Gasteiger partial charge >= 0.3 is 6.18 Å². The Hall–Kier alpha value is -0.400. The lowest BCUT2D eigenvalue weighted by Gasteiger charge is -2.01. The third-order valence-corrected chi connectivity index (χ3v) is 4.29.